The molecule has 3 rings (SSSR count). The molecule has 0 bridgehead atoms. The van der Waals surface area contributed by atoms with E-state index in [1.54, 1.807) is 25.7 Å². The zero-order valence-corrected chi connectivity index (χ0v) is 18.6. The summed E-state index contributed by atoms with van der Waals surface area (Å²) in [6.45, 7) is 5.28. The lowest BCUT2D eigenvalue weighted by Crippen LogP contribution is -2.37. The van der Waals surface area contributed by atoms with Crippen LogP contribution in [0.25, 0.3) is 0 Å². The van der Waals surface area contributed by atoms with Crippen LogP contribution in [-0.2, 0) is 19.4 Å². The van der Waals surface area contributed by atoms with Gasteiger partial charge in [-0.25, -0.2) is 17.6 Å². The molecule has 8 nitrogen and oxygen atoms in total. The van der Waals surface area contributed by atoms with Crippen LogP contribution >= 0.6 is 11.8 Å². The molecular weight excluding hydrogens is 433 g/mol. The van der Waals surface area contributed by atoms with Gasteiger partial charge in [0.05, 0.1) is 17.5 Å². The number of hydrogen-bond acceptors (Lipinski definition) is 6. The maximum atomic E-state index is 13.3. The molecule has 0 saturated carbocycles. The van der Waals surface area contributed by atoms with Gasteiger partial charge in [0.15, 0.2) is 15.0 Å². The predicted molar refractivity (Wildman–Crippen MR) is 114 cm³/mol. The Hall–Kier alpha value is -2.14. The summed E-state index contributed by atoms with van der Waals surface area (Å²) in [6.07, 6.45) is -0.653. The van der Waals surface area contributed by atoms with Crippen molar-refractivity contribution in [2.45, 2.75) is 44.1 Å². The number of alkyl carbamates (subject to hydrolysis) is 1. The van der Waals surface area contributed by atoms with E-state index in [2.05, 4.69) is 10.3 Å². The number of anilines is 1. The van der Waals surface area contributed by atoms with E-state index in [4.69, 9.17) is 4.74 Å². The number of sulfone groups is 1. The third-order valence-corrected chi connectivity index (χ3v) is 7.61. The van der Waals surface area contributed by atoms with Crippen molar-refractivity contribution in [3.63, 3.8) is 0 Å². The number of thioether (sulfide) groups is 1. The lowest BCUT2D eigenvalue weighted by atomic mass is 10.2. The van der Waals surface area contributed by atoms with E-state index in [-0.39, 0.29) is 35.8 Å². The minimum atomic E-state index is -3.18. The Morgan fingerprint density at radius 2 is 1.93 bits per heavy atom. The van der Waals surface area contributed by atoms with E-state index in [1.165, 1.54) is 36.0 Å². The van der Waals surface area contributed by atoms with E-state index < -0.39 is 33.3 Å². The molecule has 30 heavy (non-hydrogen) atoms. The van der Waals surface area contributed by atoms with Crippen LogP contribution in [0.2, 0.25) is 0 Å². The van der Waals surface area contributed by atoms with Crippen molar-refractivity contribution in [1.82, 2.24) is 5.32 Å². The topological polar surface area (TPSA) is 105 Å². The number of carbonyl (C=O) groups excluding carboxylic acids is 2. The smallest absolute Gasteiger partial charge is 0.407 e. The van der Waals surface area contributed by atoms with Gasteiger partial charge in [0.2, 0.25) is 5.91 Å². The Morgan fingerprint density at radius 3 is 2.57 bits per heavy atom. The molecular formula is C19H24FN3O5S2. The van der Waals surface area contributed by atoms with Crippen molar-refractivity contribution in [3.8, 4) is 0 Å². The SMILES string of the molecule is CC(C)(C)OC(=O)NCCC(=O)N=C1SC2CS(=O)(=O)CC2N1c1ccc(F)cc1. The summed E-state index contributed by atoms with van der Waals surface area (Å²) in [5.41, 5.74) is -0.0605. The Balaban J connectivity index is 1.70. The predicted octanol–water partition coefficient (Wildman–Crippen LogP) is 2.34. The summed E-state index contributed by atoms with van der Waals surface area (Å²) in [5.74, 6) is -0.907. The fraction of sp³-hybridized carbons (Fsp3) is 0.526. The molecule has 2 atom stereocenters. The fourth-order valence-corrected chi connectivity index (χ4v) is 7.15. The molecule has 2 saturated heterocycles. The van der Waals surface area contributed by atoms with Crippen LogP contribution < -0.4 is 10.2 Å². The molecule has 0 radical (unpaired) electrons. The number of hydrogen-bond donors (Lipinski definition) is 1. The maximum absolute atomic E-state index is 13.3. The van der Waals surface area contributed by atoms with Crippen molar-refractivity contribution in [3.05, 3.63) is 30.1 Å². The second kappa shape index (κ2) is 8.54. The largest absolute Gasteiger partial charge is 0.444 e. The van der Waals surface area contributed by atoms with E-state index in [0.717, 1.165) is 0 Å². The molecule has 2 aliphatic rings. The van der Waals surface area contributed by atoms with Gasteiger partial charge in [0.25, 0.3) is 0 Å². The second-order valence-corrected chi connectivity index (χ2v) is 11.5. The van der Waals surface area contributed by atoms with Gasteiger partial charge in [-0.05, 0) is 45.0 Å². The molecule has 2 unspecified atom stereocenters. The molecule has 0 spiro atoms. The number of ether oxygens (including phenoxy) is 1. The lowest BCUT2D eigenvalue weighted by molar-refractivity contribution is -0.117. The first-order valence-electron chi connectivity index (χ1n) is 9.44. The minimum absolute atomic E-state index is 0.00738. The molecule has 1 aromatic carbocycles. The van der Waals surface area contributed by atoms with Crippen LogP contribution in [0.1, 0.15) is 27.2 Å². The highest BCUT2D eigenvalue weighted by atomic mass is 32.2. The summed E-state index contributed by atoms with van der Waals surface area (Å²) in [7, 11) is -3.18. The van der Waals surface area contributed by atoms with E-state index in [0.29, 0.717) is 10.9 Å². The summed E-state index contributed by atoms with van der Waals surface area (Å²) in [4.78, 5) is 29.8. The summed E-state index contributed by atoms with van der Waals surface area (Å²) in [6, 6.07) is 5.26. The number of carbonyl (C=O) groups is 2. The highest BCUT2D eigenvalue weighted by Crippen LogP contribution is 2.40. The minimum Gasteiger partial charge on any atom is -0.444 e. The van der Waals surface area contributed by atoms with Crippen LogP contribution in [-0.4, -0.2) is 60.5 Å². The van der Waals surface area contributed by atoms with Gasteiger partial charge in [-0.3, -0.25) is 4.79 Å². The first-order valence-corrected chi connectivity index (χ1v) is 12.1. The zero-order chi connectivity index (χ0) is 22.1. The molecule has 0 aliphatic carbocycles. The van der Waals surface area contributed by atoms with E-state index in [9.17, 15) is 22.4 Å². The second-order valence-electron chi connectivity index (χ2n) is 8.11. The van der Waals surface area contributed by atoms with Crippen LogP contribution in [0.4, 0.5) is 14.9 Å². The van der Waals surface area contributed by atoms with Crippen molar-refractivity contribution in [2.24, 2.45) is 4.99 Å². The number of aliphatic imine (C=N–C) groups is 1. The van der Waals surface area contributed by atoms with Crippen LogP contribution in [0.5, 0.6) is 0 Å². The molecule has 2 aliphatic heterocycles. The van der Waals surface area contributed by atoms with Gasteiger partial charge in [-0.15, -0.1) is 0 Å². The fourth-order valence-electron chi connectivity index (χ4n) is 3.22. The quantitative estimate of drug-likeness (QED) is 0.740. The van der Waals surface area contributed by atoms with E-state index >= 15 is 0 Å². The number of amidine groups is 1. The number of amides is 2. The Labute approximate surface area is 179 Å². The standard InChI is InChI=1S/C19H24FN3O5S2/c1-19(2,3)28-18(25)21-9-8-16(24)22-17-23(13-6-4-12(20)5-7-13)14-10-30(26,27)11-15(14)29-17/h4-7,14-15H,8-11H2,1-3H3,(H,21,25). The number of nitrogens with zero attached hydrogens (tertiary/aromatic N) is 2. The van der Waals surface area contributed by atoms with Crippen LogP contribution in [0.15, 0.2) is 29.3 Å². The zero-order valence-electron chi connectivity index (χ0n) is 16.9. The van der Waals surface area contributed by atoms with Gasteiger partial charge >= 0.3 is 6.09 Å². The molecule has 0 aromatic heterocycles. The number of nitrogens with one attached hydrogen (secondary N) is 1. The molecule has 1 N–H and O–H groups in total. The maximum Gasteiger partial charge on any atom is 0.407 e. The lowest BCUT2D eigenvalue weighted by Gasteiger charge is -2.24. The normalized spacial score (nSPS) is 24.0. The average molecular weight is 458 g/mol. The Morgan fingerprint density at radius 1 is 1.27 bits per heavy atom. The number of fused-ring (bicyclic) bond motifs is 1. The highest BCUT2D eigenvalue weighted by Gasteiger charge is 2.49. The van der Waals surface area contributed by atoms with Crippen molar-refractivity contribution in [2.75, 3.05) is 23.0 Å². The monoisotopic (exact) mass is 457 g/mol. The summed E-state index contributed by atoms with van der Waals surface area (Å²) >= 11 is 1.24. The van der Waals surface area contributed by atoms with Gasteiger partial charge in [0.1, 0.15) is 11.4 Å². The van der Waals surface area contributed by atoms with Gasteiger partial charge < -0.3 is 15.0 Å². The van der Waals surface area contributed by atoms with Crippen molar-refractivity contribution < 1.29 is 27.1 Å². The van der Waals surface area contributed by atoms with Crippen LogP contribution in [0.3, 0.4) is 0 Å². The molecule has 2 fully saturated rings. The highest BCUT2D eigenvalue weighted by molar-refractivity contribution is 8.16. The molecule has 2 heterocycles. The number of benzene rings is 1. The first-order chi connectivity index (χ1) is 13.9. The average Bonchev–Trinajstić information content (AvgIpc) is 3.05. The third-order valence-electron chi connectivity index (χ3n) is 4.40. The van der Waals surface area contributed by atoms with E-state index in [1.807, 2.05) is 0 Å². The first kappa shape index (κ1) is 22.5. The summed E-state index contributed by atoms with van der Waals surface area (Å²) < 4.78 is 42.5. The Kier molecular flexibility index (Phi) is 6.42. The van der Waals surface area contributed by atoms with Crippen LogP contribution in [0, 0.1) is 5.82 Å². The van der Waals surface area contributed by atoms with Gasteiger partial charge in [-0.2, -0.15) is 4.99 Å². The Bertz CT molecular complexity index is 957. The number of rotatable bonds is 4. The molecule has 11 heteroatoms. The van der Waals surface area contributed by atoms with Crippen molar-refractivity contribution >= 4 is 44.5 Å². The van der Waals surface area contributed by atoms with Crippen molar-refractivity contribution in [1.29, 1.82) is 0 Å². The molecule has 2 amide bonds. The molecule has 1 aromatic rings. The van der Waals surface area contributed by atoms with Gasteiger partial charge in [-0.1, -0.05) is 11.8 Å². The van der Waals surface area contributed by atoms with Gasteiger partial charge in [0, 0.05) is 23.9 Å². The molecule has 164 valence electrons. The third kappa shape index (κ3) is 5.72. The summed E-state index contributed by atoms with van der Waals surface area (Å²) in [5, 5.41) is 2.64. The number of halogens is 1.